The number of aliphatic hydroxyl groups excluding tert-OH is 1. The number of allylic oxidation sites excluding steroid dienone is 2. The number of benzene rings is 1. The predicted molar refractivity (Wildman–Crippen MR) is 98.2 cm³/mol. The van der Waals surface area contributed by atoms with E-state index in [-0.39, 0.29) is 41.7 Å². The smallest absolute Gasteiger partial charge is 0.228 e. The summed E-state index contributed by atoms with van der Waals surface area (Å²) in [6.45, 7) is 0. The van der Waals surface area contributed by atoms with Crippen LogP contribution in [0, 0.1) is 17.8 Å². The third-order valence-corrected chi connectivity index (χ3v) is 6.95. The topological polar surface area (TPSA) is 68.4 Å². The molecule has 6 rings (SSSR count). The van der Waals surface area contributed by atoms with Gasteiger partial charge in [0.1, 0.15) is 6.23 Å². The van der Waals surface area contributed by atoms with Crippen molar-refractivity contribution in [3.63, 3.8) is 0 Å². The Bertz CT molecular complexity index is 990. The maximum Gasteiger partial charge on any atom is 0.228 e. The van der Waals surface area contributed by atoms with Crippen LogP contribution in [0.5, 0.6) is 0 Å². The largest absolute Gasteiger partial charge is 0.373 e. The average molecular weight is 347 g/mol. The van der Waals surface area contributed by atoms with Crippen LogP contribution in [0.25, 0.3) is 10.9 Å². The number of aliphatic hydroxyl groups is 1. The summed E-state index contributed by atoms with van der Waals surface area (Å²) in [6, 6.07) is 8.56. The highest BCUT2D eigenvalue weighted by atomic mass is 16.3. The first-order valence-corrected chi connectivity index (χ1v) is 9.33. The Morgan fingerprint density at radius 1 is 1.12 bits per heavy atom. The van der Waals surface area contributed by atoms with Gasteiger partial charge in [0.2, 0.25) is 5.91 Å². The van der Waals surface area contributed by atoms with Gasteiger partial charge >= 0.3 is 0 Å². The number of likely N-dealkylation sites (N-methyl/N-ethyl adjacent to an activating group) is 1. The highest BCUT2D eigenvalue weighted by molar-refractivity contribution is 5.90. The maximum absolute atomic E-state index is 13.1. The number of nitrogens with one attached hydrogen (secondary N) is 2. The molecule has 5 nitrogen and oxygen atoms in total. The summed E-state index contributed by atoms with van der Waals surface area (Å²) in [4.78, 5) is 18.3. The van der Waals surface area contributed by atoms with E-state index in [9.17, 15) is 9.90 Å². The molecule has 0 radical (unpaired) electrons. The van der Waals surface area contributed by atoms with Gasteiger partial charge < -0.3 is 20.3 Å². The van der Waals surface area contributed by atoms with Crippen molar-refractivity contribution in [3.8, 4) is 0 Å². The van der Waals surface area contributed by atoms with Gasteiger partial charge in [-0.25, -0.2) is 0 Å². The van der Waals surface area contributed by atoms with E-state index in [0.29, 0.717) is 0 Å². The molecule has 2 fully saturated rings. The number of aromatic nitrogens is 1. The second-order valence-electron chi connectivity index (χ2n) is 8.01. The van der Waals surface area contributed by atoms with Crippen LogP contribution in [-0.4, -0.2) is 40.2 Å². The molecule has 0 spiro atoms. The zero-order chi connectivity index (χ0) is 17.6. The molecule has 2 saturated heterocycles. The number of carbonyl (C=O) groups excluding carboxylic acids is 1. The first kappa shape index (κ1) is 14.8. The lowest BCUT2D eigenvalue weighted by atomic mass is 9.65. The van der Waals surface area contributed by atoms with Gasteiger partial charge in [0.05, 0.1) is 12.0 Å². The Kier molecular flexibility index (Phi) is 2.76. The third kappa shape index (κ3) is 1.61. The highest BCUT2D eigenvalue weighted by Gasteiger charge is 2.61. The Balaban J connectivity index is 1.64. The number of likely N-dealkylation sites (tertiary alicyclic amines) is 1. The fourth-order valence-corrected chi connectivity index (χ4v) is 5.89. The molecule has 3 N–H and O–H groups in total. The van der Waals surface area contributed by atoms with Crippen LogP contribution in [0.3, 0.4) is 0 Å². The molecule has 2 aromatic rings. The summed E-state index contributed by atoms with van der Waals surface area (Å²) in [5, 5.41) is 15.8. The molecule has 1 aromatic heterocycles. The minimum absolute atomic E-state index is 0.0684. The van der Waals surface area contributed by atoms with E-state index in [0.717, 1.165) is 22.2 Å². The molecule has 132 valence electrons. The first-order valence-electron chi connectivity index (χ1n) is 9.33. The van der Waals surface area contributed by atoms with E-state index in [4.69, 9.17) is 0 Å². The van der Waals surface area contributed by atoms with Crippen molar-refractivity contribution >= 4 is 16.8 Å². The molecule has 26 heavy (non-hydrogen) atoms. The summed E-state index contributed by atoms with van der Waals surface area (Å²) >= 11 is 0. The summed E-state index contributed by atoms with van der Waals surface area (Å²) in [6.07, 6.45) is 7.81. The van der Waals surface area contributed by atoms with Crippen LogP contribution in [-0.2, 0) is 4.79 Å². The number of hydrogen-bond acceptors (Lipinski definition) is 3. The van der Waals surface area contributed by atoms with Crippen LogP contribution in [0.15, 0.2) is 48.6 Å². The summed E-state index contributed by atoms with van der Waals surface area (Å²) < 4.78 is 0. The lowest BCUT2D eigenvalue weighted by Gasteiger charge is -2.37. The monoisotopic (exact) mass is 347 g/mol. The number of hydrogen-bond donors (Lipinski definition) is 3. The van der Waals surface area contributed by atoms with Gasteiger partial charge in [-0.15, -0.1) is 0 Å². The van der Waals surface area contributed by atoms with E-state index >= 15 is 0 Å². The number of amides is 1. The Morgan fingerprint density at radius 3 is 2.81 bits per heavy atom. The fourth-order valence-electron chi connectivity index (χ4n) is 5.89. The van der Waals surface area contributed by atoms with E-state index in [1.807, 2.05) is 12.1 Å². The second kappa shape index (κ2) is 4.87. The lowest BCUT2D eigenvalue weighted by molar-refractivity contribution is -0.135. The van der Waals surface area contributed by atoms with Gasteiger partial charge in [-0.2, -0.15) is 0 Å². The SMILES string of the molecule is CN1C(=O)C2C(c3c([nH]c4ccccc34)C3NC4C=CC=CC4C32)C1O. The van der Waals surface area contributed by atoms with Crippen LogP contribution in [0.1, 0.15) is 23.2 Å². The molecule has 3 heterocycles. The number of para-hydroxylation sites is 1. The Labute approximate surface area is 151 Å². The van der Waals surface area contributed by atoms with E-state index in [1.165, 1.54) is 0 Å². The minimum atomic E-state index is -0.770. The van der Waals surface area contributed by atoms with Crippen molar-refractivity contribution in [2.45, 2.75) is 24.2 Å². The van der Waals surface area contributed by atoms with E-state index < -0.39 is 6.23 Å². The highest BCUT2D eigenvalue weighted by Crippen LogP contribution is 2.58. The zero-order valence-electron chi connectivity index (χ0n) is 14.5. The molecule has 1 aromatic carbocycles. The van der Waals surface area contributed by atoms with Crippen LogP contribution < -0.4 is 5.32 Å². The van der Waals surface area contributed by atoms with Crippen molar-refractivity contribution in [1.82, 2.24) is 15.2 Å². The van der Waals surface area contributed by atoms with Gasteiger partial charge in [0.25, 0.3) is 0 Å². The molecule has 2 aliphatic carbocycles. The Morgan fingerprint density at radius 2 is 1.92 bits per heavy atom. The van der Waals surface area contributed by atoms with Crippen LogP contribution in [0.4, 0.5) is 0 Å². The molecular formula is C21H21N3O2. The summed E-state index contributed by atoms with van der Waals surface area (Å²) in [7, 11) is 1.73. The normalized spacial score (nSPS) is 39.8. The van der Waals surface area contributed by atoms with Gasteiger partial charge in [-0.05, 0) is 11.6 Å². The van der Waals surface area contributed by atoms with Crippen molar-refractivity contribution < 1.29 is 9.90 Å². The van der Waals surface area contributed by atoms with E-state index in [1.54, 1.807) is 11.9 Å². The molecule has 4 aliphatic rings. The minimum Gasteiger partial charge on any atom is -0.373 e. The Hall–Kier alpha value is -2.37. The lowest BCUT2D eigenvalue weighted by Crippen LogP contribution is -2.37. The van der Waals surface area contributed by atoms with Gasteiger partial charge in [0.15, 0.2) is 0 Å². The van der Waals surface area contributed by atoms with Gasteiger partial charge in [-0.1, -0.05) is 42.5 Å². The average Bonchev–Trinajstić information content (AvgIpc) is 3.29. The maximum atomic E-state index is 13.1. The molecule has 5 heteroatoms. The molecule has 0 saturated carbocycles. The predicted octanol–water partition coefficient (Wildman–Crippen LogP) is 2.04. The number of nitrogens with zero attached hydrogens (tertiary/aromatic N) is 1. The number of carbonyl (C=O) groups is 1. The number of aromatic amines is 1. The molecule has 0 bridgehead atoms. The van der Waals surface area contributed by atoms with Crippen molar-refractivity contribution in [2.24, 2.45) is 17.8 Å². The van der Waals surface area contributed by atoms with Gasteiger partial charge in [0, 0.05) is 47.4 Å². The van der Waals surface area contributed by atoms with Crippen molar-refractivity contribution in [1.29, 1.82) is 0 Å². The zero-order valence-corrected chi connectivity index (χ0v) is 14.5. The second-order valence-corrected chi connectivity index (χ2v) is 8.01. The molecule has 1 amide bonds. The van der Waals surface area contributed by atoms with Crippen molar-refractivity contribution in [3.05, 3.63) is 59.8 Å². The standard InChI is InChI=1S/C21H21N3O2/c1-24-20(25)16-14-10-6-2-4-8-12(10)22-18(14)19-15(17(16)21(24)26)11-7-3-5-9-13(11)23-19/h2-10,12,14,16-18,21-23,26H,1H3. The molecule has 7 atom stereocenters. The molecule has 7 unspecified atom stereocenters. The van der Waals surface area contributed by atoms with Gasteiger partial charge in [-0.3, -0.25) is 4.79 Å². The van der Waals surface area contributed by atoms with Crippen LogP contribution in [0.2, 0.25) is 0 Å². The quantitative estimate of drug-likeness (QED) is 0.683. The number of H-pyrrole nitrogens is 1. The summed E-state index contributed by atoms with van der Waals surface area (Å²) in [5.41, 5.74) is 3.35. The van der Waals surface area contributed by atoms with Crippen LogP contribution >= 0.6 is 0 Å². The molecule has 2 aliphatic heterocycles. The fraction of sp³-hybridized carbons (Fsp3) is 0.381. The summed E-state index contributed by atoms with van der Waals surface area (Å²) in [5.74, 6) is 0.127. The number of fused-ring (bicyclic) bond motifs is 10. The first-order chi connectivity index (χ1) is 12.7. The third-order valence-electron chi connectivity index (χ3n) is 6.95. The van der Waals surface area contributed by atoms with E-state index in [2.05, 4.69) is 46.7 Å². The van der Waals surface area contributed by atoms with Crippen molar-refractivity contribution in [2.75, 3.05) is 7.05 Å². The number of rotatable bonds is 0. The molecular weight excluding hydrogens is 326 g/mol.